The minimum Gasteiger partial charge on any atom is -0.396 e. The lowest BCUT2D eigenvalue weighted by Gasteiger charge is -2.19. The van der Waals surface area contributed by atoms with E-state index in [0.29, 0.717) is 12.0 Å². The molecular formula is C11H14N2O5. The summed E-state index contributed by atoms with van der Waals surface area (Å²) in [7, 11) is 0. The predicted molar refractivity (Wildman–Crippen MR) is 59.8 cm³/mol. The van der Waals surface area contributed by atoms with E-state index >= 15 is 0 Å². The fourth-order valence-electron chi connectivity index (χ4n) is 2.71. The molecule has 2 fully saturated rings. The molecule has 3 rings (SSSR count). The first kappa shape index (κ1) is 11.6. The van der Waals surface area contributed by atoms with Crippen molar-refractivity contribution < 1.29 is 14.9 Å². The highest BCUT2D eigenvalue weighted by molar-refractivity contribution is 5.11. The number of fused-ring (bicyclic) bond motifs is 1. The number of ether oxygens (including phenoxy) is 1. The molecule has 7 nitrogen and oxygen atoms in total. The number of aromatic nitrogens is 2. The van der Waals surface area contributed by atoms with Gasteiger partial charge in [-0.2, -0.15) is 0 Å². The van der Waals surface area contributed by atoms with Crippen LogP contribution in [0.2, 0.25) is 0 Å². The Morgan fingerprint density at radius 2 is 2.33 bits per heavy atom. The number of nitrogens with one attached hydrogen (secondary N) is 1. The highest BCUT2D eigenvalue weighted by Gasteiger charge is 2.71. The molecule has 7 heteroatoms. The minimum absolute atomic E-state index is 0.132. The second-order valence-electron chi connectivity index (χ2n) is 4.93. The first-order valence-electron chi connectivity index (χ1n) is 5.80. The van der Waals surface area contributed by atoms with Crippen molar-refractivity contribution in [3.05, 3.63) is 32.6 Å². The molecule has 0 aromatic carbocycles. The topological polar surface area (TPSA) is 105 Å². The van der Waals surface area contributed by atoms with Crippen LogP contribution in [0.5, 0.6) is 0 Å². The largest absolute Gasteiger partial charge is 0.396 e. The zero-order chi connectivity index (χ0) is 13.1. The number of aliphatic hydroxyl groups is 2. The molecule has 1 aromatic heterocycles. The standard InChI is InChI=1S/C11H14N2O5/c1-5-3-13(10(16)12-9(5)15)8-2-6-7(4-14)11(6,17)18-8/h3,6-8,14,17H,2,4H2,1H3,(H,12,15,16)/t6?,7?,8-,11?/m0/s1. The number of aliphatic hydroxyl groups excluding tert-OH is 1. The predicted octanol–water partition coefficient (Wildman–Crippen LogP) is -1.31. The van der Waals surface area contributed by atoms with Crippen molar-refractivity contribution in [3.63, 3.8) is 0 Å². The Morgan fingerprint density at radius 3 is 2.89 bits per heavy atom. The summed E-state index contributed by atoms with van der Waals surface area (Å²) in [6, 6.07) is 0. The summed E-state index contributed by atoms with van der Waals surface area (Å²) >= 11 is 0. The Labute approximate surface area is 102 Å². The van der Waals surface area contributed by atoms with Crippen LogP contribution in [0.15, 0.2) is 15.8 Å². The Kier molecular flexibility index (Phi) is 2.28. The van der Waals surface area contributed by atoms with E-state index in [1.54, 1.807) is 6.92 Å². The van der Waals surface area contributed by atoms with Crippen molar-refractivity contribution >= 4 is 0 Å². The third-order valence-corrected chi connectivity index (χ3v) is 3.87. The van der Waals surface area contributed by atoms with Crippen LogP contribution < -0.4 is 11.2 Å². The molecular weight excluding hydrogens is 240 g/mol. The Balaban J connectivity index is 1.90. The molecule has 0 bridgehead atoms. The van der Waals surface area contributed by atoms with E-state index in [9.17, 15) is 14.7 Å². The van der Waals surface area contributed by atoms with Crippen molar-refractivity contribution in [2.75, 3.05) is 6.61 Å². The van der Waals surface area contributed by atoms with Crippen LogP contribution in [0.25, 0.3) is 0 Å². The van der Waals surface area contributed by atoms with Gasteiger partial charge in [-0.15, -0.1) is 0 Å². The molecule has 0 spiro atoms. The van der Waals surface area contributed by atoms with Crippen molar-refractivity contribution in [2.24, 2.45) is 11.8 Å². The Bertz CT molecular complexity index is 606. The average Bonchev–Trinajstić information content (AvgIpc) is 2.69. The van der Waals surface area contributed by atoms with Crippen LogP contribution in [0, 0.1) is 18.8 Å². The van der Waals surface area contributed by atoms with Gasteiger partial charge in [-0.05, 0) is 6.92 Å². The summed E-state index contributed by atoms with van der Waals surface area (Å²) in [5, 5.41) is 19.0. The summed E-state index contributed by atoms with van der Waals surface area (Å²) in [5.74, 6) is -1.73. The van der Waals surface area contributed by atoms with E-state index in [4.69, 9.17) is 9.84 Å². The van der Waals surface area contributed by atoms with E-state index in [-0.39, 0.29) is 18.4 Å². The number of aromatic amines is 1. The number of hydrogen-bond acceptors (Lipinski definition) is 5. The molecule has 98 valence electrons. The second-order valence-corrected chi connectivity index (χ2v) is 4.93. The van der Waals surface area contributed by atoms with Gasteiger partial charge in [0.15, 0.2) is 5.79 Å². The zero-order valence-electron chi connectivity index (χ0n) is 9.79. The van der Waals surface area contributed by atoms with E-state index in [2.05, 4.69) is 4.98 Å². The highest BCUT2D eigenvalue weighted by Crippen LogP contribution is 2.61. The summed E-state index contributed by atoms with van der Waals surface area (Å²) < 4.78 is 6.70. The van der Waals surface area contributed by atoms with Gasteiger partial charge in [0.25, 0.3) is 5.56 Å². The first-order chi connectivity index (χ1) is 8.47. The molecule has 3 N–H and O–H groups in total. The van der Waals surface area contributed by atoms with Crippen molar-refractivity contribution in [2.45, 2.75) is 25.4 Å². The lowest BCUT2D eigenvalue weighted by Crippen LogP contribution is -2.35. The van der Waals surface area contributed by atoms with Gasteiger partial charge in [-0.25, -0.2) is 4.79 Å². The molecule has 1 saturated carbocycles. The monoisotopic (exact) mass is 254 g/mol. The van der Waals surface area contributed by atoms with Crippen LogP contribution in [0.4, 0.5) is 0 Å². The van der Waals surface area contributed by atoms with Gasteiger partial charge < -0.3 is 14.9 Å². The number of rotatable bonds is 2. The number of hydrogen-bond donors (Lipinski definition) is 3. The van der Waals surface area contributed by atoms with E-state index in [0.717, 1.165) is 0 Å². The van der Waals surface area contributed by atoms with Crippen LogP contribution in [-0.2, 0) is 4.74 Å². The SMILES string of the molecule is Cc1cn([C@@H]2CC3C(CO)C3(O)O2)c(=O)[nH]c1=O. The molecule has 1 saturated heterocycles. The number of aryl methyl sites for hydroxylation is 1. The first-order valence-corrected chi connectivity index (χ1v) is 5.80. The molecule has 1 aromatic rings. The smallest absolute Gasteiger partial charge is 0.330 e. The third kappa shape index (κ3) is 1.41. The van der Waals surface area contributed by atoms with Crippen LogP contribution in [0.3, 0.4) is 0 Å². The van der Waals surface area contributed by atoms with Crippen molar-refractivity contribution in [1.29, 1.82) is 0 Å². The van der Waals surface area contributed by atoms with Gasteiger partial charge in [0, 0.05) is 30.0 Å². The maximum Gasteiger partial charge on any atom is 0.330 e. The van der Waals surface area contributed by atoms with Crippen LogP contribution in [-0.4, -0.2) is 32.2 Å². The zero-order valence-corrected chi connectivity index (χ0v) is 9.79. The van der Waals surface area contributed by atoms with Gasteiger partial charge in [-0.3, -0.25) is 14.3 Å². The molecule has 18 heavy (non-hydrogen) atoms. The van der Waals surface area contributed by atoms with Crippen molar-refractivity contribution in [1.82, 2.24) is 9.55 Å². The minimum atomic E-state index is -1.32. The summed E-state index contributed by atoms with van der Waals surface area (Å²) in [6.07, 6.45) is 1.28. The number of H-pyrrole nitrogens is 1. The van der Waals surface area contributed by atoms with Gasteiger partial charge in [0.2, 0.25) is 0 Å². The summed E-state index contributed by atoms with van der Waals surface area (Å²) in [5.41, 5.74) is -0.572. The Morgan fingerprint density at radius 1 is 1.61 bits per heavy atom. The molecule has 4 atom stereocenters. The second kappa shape index (κ2) is 3.53. The molecule has 1 aliphatic heterocycles. The maximum absolute atomic E-state index is 11.7. The molecule has 1 aliphatic carbocycles. The fourth-order valence-corrected chi connectivity index (χ4v) is 2.71. The molecule has 3 unspecified atom stereocenters. The van der Waals surface area contributed by atoms with Gasteiger partial charge >= 0.3 is 5.69 Å². The molecule has 2 heterocycles. The summed E-state index contributed by atoms with van der Waals surface area (Å²) in [6.45, 7) is 1.46. The molecule has 2 aliphatic rings. The molecule has 0 radical (unpaired) electrons. The maximum atomic E-state index is 11.7. The van der Waals surface area contributed by atoms with Crippen LogP contribution in [0.1, 0.15) is 18.2 Å². The van der Waals surface area contributed by atoms with Gasteiger partial charge in [0.05, 0.1) is 6.61 Å². The van der Waals surface area contributed by atoms with E-state index in [1.165, 1.54) is 10.8 Å². The average molecular weight is 254 g/mol. The Hall–Kier alpha value is -1.44. The lowest BCUT2D eigenvalue weighted by molar-refractivity contribution is -0.172. The van der Waals surface area contributed by atoms with E-state index < -0.39 is 23.3 Å². The molecule has 0 amide bonds. The number of nitrogens with zero attached hydrogens (tertiary/aromatic N) is 1. The van der Waals surface area contributed by atoms with E-state index in [1.807, 2.05) is 0 Å². The van der Waals surface area contributed by atoms with Crippen molar-refractivity contribution in [3.8, 4) is 0 Å². The van der Waals surface area contributed by atoms with Gasteiger partial charge in [-0.1, -0.05) is 0 Å². The third-order valence-electron chi connectivity index (χ3n) is 3.87. The fraction of sp³-hybridized carbons (Fsp3) is 0.636. The highest BCUT2D eigenvalue weighted by atomic mass is 16.7. The summed E-state index contributed by atoms with van der Waals surface area (Å²) in [4.78, 5) is 25.1. The quantitative estimate of drug-likeness (QED) is 0.608. The van der Waals surface area contributed by atoms with Gasteiger partial charge in [0.1, 0.15) is 6.23 Å². The lowest BCUT2D eigenvalue weighted by atomic mass is 10.2. The normalized spacial score (nSPS) is 37.6. The van der Waals surface area contributed by atoms with Crippen LogP contribution >= 0.6 is 0 Å².